The number of carbonyl (C=O) groups excluding carboxylic acids is 2. The molecule has 0 spiro atoms. The third-order valence-corrected chi connectivity index (χ3v) is 8.02. The van der Waals surface area contributed by atoms with E-state index in [1.165, 1.54) is 23.5 Å². The molecule has 0 aliphatic carbocycles. The van der Waals surface area contributed by atoms with Gasteiger partial charge in [0.2, 0.25) is 5.91 Å². The Hall–Kier alpha value is -3.31. The maximum atomic E-state index is 14.2. The molecule has 4 heterocycles. The summed E-state index contributed by atoms with van der Waals surface area (Å²) < 4.78 is 16.0. The van der Waals surface area contributed by atoms with Crippen LogP contribution in [0.5, 0.6) is 0 Å². The van der Waals surface area contributed by atoms with E-state index in [0.717, 1.165) is 41.5 Å². The van der Waals surface area contributed by atoms with E-state index in [-0.39, 0.29) is 30.0 Å². The van der Waals surface area contributed by atoms with E-state index in [4.69, 9.17) is 0 Å². The minimum Gasteiger partial charge on any atom is -0.367 e. The van der Waals surface area contributed by atoms with Gasteiger partial charge in [0.15, 0.2) is 5.13 Å². The molecule has 9 nitrogen and oxygen atoms in total. The number of halogens is 1. The maximum absolute atomic E-state index is 14.2. The van der Waals surface area contributed by atoms with Crippen molar-refractivity contribution in [1.82, 2.24) is 24.6 Å². The fraction of sp³-hybridized carbons (Fsp3) is 0.462. The Balaban J connectivity index is 1.29. The summed E-state index contributed by atoms with van der Waals surface area (Å²) in [6.07, 6.45) is 0.851. The van der Waals surface area contributed by atoms with Crippen LogP contribution < -0.4 is 10.2 Å². The molecule has 1 aromatic carbocycles. The zero-order valence-electron chi connectivity index (χ0n) is 21.6. The molecular weight excluding hydrogens is 493 g/mol. The van der Waals surface area contributed by atoms with Crippen LogP contribution in [0, 0.1) is 19.7 Å². The number of likely N-dealkylation sites (N-methyl/N-ethyl adjacent to an activating group) is 1. The number of hydrogen-bond donors (Lipinski definition) is 1. The van der Waals surface area contributed by atoms with Crippen molar-refractivity contribution in [2.75, 3.05) is 43.4 Å². The van der Waals surface area contributed by atoms with E-state index >= 15 is 0 Å². The first kappa shape index (κ1) is 25.3. The van der Waals surface area contributed by atoms with Gasteiger partial charge in [0, 0.05) is 61.4 Å². The summed E-state index contributed by atoms with van der Waals surface area (Å²) in [5.41, 5.74) is 3.77. The van der Waals surface area contributed by atoms with Crippen LogP contribution >= 0.6 is 11.3 Å². The van der Waals surface area contributed by atoms with Crippen LogP contribution in [-0.4, -0.2) is 75.6 Å². The third kappa shape index (κ3) is 5.37. The number of nitrogens with zero attached hydrogens (tertiary/aromatic N) is 6. The summed E-state index contributed by atoms with van der Waals surface area (Å²) in [6, 6.07) is 6.16. The number of thiazole rings is 1. The van der Waals surface area contributed by atoms with Crippen molar-refractivity contribution < 1.29 is 14.0 Å². The van der Waals surface area contributed by atoms with Crippen LogP contribution in [0.25, 0.3) is 0 Å². The molecule has 0 radical (unpaired) electrons. The molecule has 0 bridgehead atoms. The van der Waals surface area contributed by atoms with E-state index in [0.29, 0.717) is 30.5 Å². The second-order valence-corrected chi connectivity index (χ2v) is 11.0. The first-order chi connectivity index (χ1) is 17.7. The fourth-order valence-corrected chi connectivity index (χ4v) is 6.19. The maximum Gasteiger partial charge on any atom is 0.259 e. The van der Waals surface area contributed by atoms with Crippen molar-refractivity contribution in [3.8, 4) is 0 Å². The summed E-state index contributed by atoms with van der Waals surface area (Å²) in [4.78, 5) is 38.2. The predicted octanol–water partition coefficient (Wildman–Crippen LogP) is 3.07. The molecule has 5 rings (SSSR count). The van der Waals surface area contributed by atoms with Gasteiger partial charge in [0.05, 0.1) is 17.0 Å². The number of aromatic nitrogens is 3. The number of aryl methyl sites for hydroxylation is 2. The van der Waals surface area contributed by atoms with Gasteiger partial charge in [-0.15, -0.1) is 11.3 Å². The Labute approximate surface area is 219 Å². The summed E-state index contributed by atoms with van der Waals surface area (Å²) in [5, 5.41) is 7.83. The van der Waals surface area contributed by atoms with Crippen LogP contribution in [-0.2, 0) is 24.3 Å². The van der Waals surface area contributed by atoms with Crippen molar-refractivity contribution in [3.05, 3.63) is 57.6 Å². The molecule has 2 aliphatic rings. The topological polar surface area (TPSA) is 86.6 Å². The molecule has 2 amide bonds. The lowest BCUT2D eigenvalue weighted by Gasteiger charge is -2.41. The van der Waals surface area contributed by atoms with E-state index < -0.39 is 5.82 Å². The molecule has 1 saturated heterocycles. The molecule has 2 aromatic heterocycles. The molecule has 2 aliphatic heterocycles. The van der Waals surface area contributed by atoms with Crippen LogP contribution in [0.4, 0.5) is 15.2 Å². The van der Waals surface area contributed by atoms with Gasteiger partial charge < -0.3 is 14.7 Å². The quantitative estimate of drug-likeness (QED) is 0.551. The van der Waals surface area contributed by atoms with Crippen molar-refractivity contribution in [2.24, 2.45) is 0 Å². The van der Waals surface area contributed by atoms with E-state index in [1.54, 1.807) is 10.7 Å². The highest BCUT2D eigenvalue weighted by molar-refractivity contribution is 7.15. The molecule has 1 fully saturated rings. The van der Waals surface area contributed by atoms with E-state index in [1.807, 2.05) is 36.6 Å². The Morgan fingerprint density at radius 3 is 2.73 bits per heavy atom. The molecule has 1 atom stereocenters. The number of amides is 2. The number of anilines is 2. The minimum absolute atomic E-state index is 0.00815. The smallest absolute Gasteiger partial charge is 0.259 e. The highest BCUT2D eigenvalue weighted by atomic mass is 32.1. The monoisotopic (exact) mass is 525 g/mol. The summed E-state index contributed by atoms with van der Waals surface area (Å²) in [7, 11) is 2.06. The van der Waals surface area contributed by atoms with Crippen molar-refractivity contribution >= 4 is 34.0 Å². The molecule has 1 N–H and O–H groups in total. The SMILES string of the molecule is Cc1cc(C)n(CC(=O)N2CCN(c3ccc(F)cc3C(=O)Nc3nc4c(s3)CN(C)CC4)CC2C)n1. The number of hydrogen-bond acceptors (Lipinski definition) is 7. The van der Waals surface area contributed by atoms with Gasteiger partial charge in [0.25, 0.3) is 5.91 Å². The Morgan fingerprint density at radius 2 is 2.00 bits per heavy atom. The first-order valence-corrected chi connectivity index (χ1v) is 13.3. The number of piperazine rings is 1. The molecular formula is C26H32FN7O2S. The highest BCUT2D eigenvalue weighted by Crippen LogP contribution is 2.30. The Kier molecular flexibility index (Phi) is 7.00. The van der Waals surface area contributed by atoms with E-state index in [2.05, 4.69) is 27.3 Å². The second-order valence-electron chi connectivity index (χ2n) is 9.96. The van der Waals surface area contributed by atoms with Gasteiger partial charge >= 0.3 is 0 Å². The lowest BCUT2D eigenvalue weighted by atomic mass is 10.1. The second kappa shape index (κ2) is 10.2. The Bertz CT molecular complexity index is 1340. The van der Waals surface area contributed by atoms with Crippen LogP contribution in [0.3, 0.4) is 0 Å². The number of fused-ring (bicyclic) bond motifs is 1. The molecule has 37 heavy (non-hydrogen) atoms. The number of carbonyl (C=O) groups is 2. The highest BCUT2D eigenvalue weighted by Gasteiger charge is 2.30. The minimum atomic E-state index is -0.472. The lowest BCUT2D eigenvalue weighted by Crippen LogP contribution is -2.55. The van der Waals surface area contributed by atoms with Gasteiger partial charge in [0.1, 0.15) is 12.4 Å². The number of benzene rings is 1. The van der Waals surface area contributed by atoms with Crippen molar-refractivity contribution in [3.63, 3.8) is 0 Å². The predicted molar refractivity (Wildman–Crippen MR) is 142 cm³/mol. The van der Waals surface area contributed by atoms with E-state index in [9.17, 15) is 14.0 Å². The lowest BCUT2D eigenvalue weighted by molar-refractivity contribution is -0.134. The first-order valence-electron chi connectivity index (χ1n) is 12.5. The van der Waals surface area contributed by atoms with Gasteiger partial charge in [-0.2, -0.15) is 5.10 Å². The van der Waals surface area contributed by atoms with Crippen LogP contribution in [0.1, 0.15) is 39.2 Å². The third-order valence-electron chi connectivity index (χ3n) is 7.02. The average Bonchev–Trinajstić information content (AvgIpc) is 3.39. The van der Waals surface area contributed by atoms with Gasteiger partial charge in [-0.25, -0.2) is 9.37 Å². The Morgan fingerprint density at radius 1 is 1.19 bits per heavy atom. The van der Waals surface area contributed by atoms with Crippen molar-refractivity contribution in [2.45, 2.75) is 46.3 Å². The van der Waals surface area contributed by atoms with Crippen LogP contribution in [0.2, 0.25) is 0 Å². The zero-order valence-corrected chi connectivity index (χ0v) is 22.4. The zero-order chi connectivity index (χ0) is 26.3. The molecule has 11 heteroatoms. The molecule has 0 saturated carbocycles. The molecule has 3 aromatic rings. The summed E-state index contributed by atoms with van der Waals surface area (Å²) in [6.45, 7) is 9.37. The number of nitrogens with one attached hydrogen (secondary N) is 1. The van der Waals surface area contributed by atoms with Crippen molar-refractivity contribution in [1.29, 1.82) is 0 Å². The molecule has 196 valence electrons. The van der Waals surface area contributed by atoms with Crippen LogP contribution in [0.15, 0.2) is 24.3 Å². The van der Waals surface area contributed by atoms with Gasteiger partial charge in [-0.05, 0) is 52.1 Å². The summed E-state index contributed by atoms with van der Waals surface area (Å²) in [5.74, 6) is -0.848. The molecule has 1 unspecified atom stereocenters. The van der Waals surface area contributed by atoms with Gasteiger partial charge in [-0.1, -0.05) is 0 Å². The number of rotatable bonds is 5. The normalized spacial score (nSPS) is 18.1. The largest absolute Gasteiger partial charge is 0.367 e. The summed E-state index contributed by atoms with van der Waals surface area (Å²) >= 11 is 1.47. The average molecular weight is 526 g/mol. The fourth-order valence-electron chi connectivity index (χ4n) is 5.11. The standard InChI is InChI=1S/C26H32FN7O2S/c1-16-11-17(2)34(30-16)15-24(35)33-10-9-32(13-18(33)3)22-6-5-19(27)12-20(22)25(36)29-26-28-21-7-8-31(4)14-23(21)37-26/h5-6,11-12,18H,7-10,13-15H2,1-4H3,(H,28,29,36). The van der Waals surface area contributed by atoms with Gasteiger partial charge in [-0.3, -0.25) is 19.6 Å².